The Hall–Kier alpha value is -1.86. The highest BCUT2D eigenvalue weighted by Gasteiger charge is 2.17. The molecule has 1 aliphatic rings. The number of carbonyl (C=O) groups excluding carboxylic acids is 1. The first-order valence-corrected chi connectivity index (χ1v) is 6.34. The van der Waals surface area contributed by atoms with E-state index in [0.29, 0.717) is 17.5 Å². The minimum atomic E-state index is -0.00201. The number of fused-ring (bicyclic) bond motifs is 1. The highest BCUT2D eigenvalue weighted by Crippen LogP contribution is 2.34. The third-order valence-corrected chi connectivity index (χ3v) is 3.57. The molecule has 0 bridgehead atoms. The van der Waals surface area contributed by atoms with E-state index in [9.17, 15) is 4.79 Å². The van der Waals surface area contributed by atoms with Gasteiger partial charge in [-0.25, -0.2) is 0 Å². The molecule has 0 unspecified atom stereocenters. The summed E-state index contributed by atoms with van der Waals surface area (Å²) in [5.74, 6) is 1.24. The smallest absolute Gasteiger partial charge is 0.247 e. The maximum absolute atomic E-state index is 11.3. The van der Waals surface area contributed by atoms with Crippen LogP contribution in [0.25, 0.3) is 11.5 Å². The molecule has 1 amide bonds. The van der Waals surface area contributed by atoms with E-state index in [1.54, 1.807) is 0 Å². The summed E-state index contributed by atoms with van der Waals surface area (Å²) in [5.41, 5.74) is 6.96. The Kier molecular flexibility index (Phi) is 2.77. The third kappa shape index (κ3) is 1.98. The molecule has 0 radical (unpaired) electrons. The Bertz CT molecular complexity index is 611. The SMILES string of the molecule is NCc1nnc(-c2ccc3c(c2)NC(=O)CS3)o1. The Balaban J connectivity index is 1.98. The quantitative estimate of drug-likeness (QED) is 0.845. The van der Waals surface area contributed by atoms with Gasteiger partial charge in [0.15, 0.2) is 0 Å². The van der Waals surface area contributed by atoms with Crippen LogP contribution in [-0.2, 0) is 11.3 Å². The zero-order valence-corrected chi connectivity index (χ0v) is 10.2. The first-order chi connectivity index (χ1) is 8.76. The minimum absolute atomic E-state index is 0.00201. The zero-order chi connectivity index (χ0) is 12.5. The van der Waals surface area contributed by atoms with Crippen molar-refractivity contribution >= 4 is 23.4 Å². The van der Waals surface area contributed by atoms with Crippen LogP contribution in [0.1, 0.15) is 5.89 Å². The van der Waals surface area contributed by atoms with Crippen LogP contribution in [0.3, 0.4) is 0 Å². The van der Waals surface area contributed by atoms with E-state index >= 15 is 0 Å². The highest BCUT2D eigenvalue weighted by molar-refractivity contribution is 8.00. The average molecular weight is 262 g/mol. The predicted octanol–water partition coefficient (Wildman–Crippen LogP) is 1.24. The van der Waals surface area contributed by atoms with Crippen molar-refractivity contribution < 1.29 is 9.21 Å². The number of anilines is 1. The topological polar surface area (TPSA) is 94.0 Å². The second-order valence-electron chi connectivity index (χ2n) is 3.75. The number of nitrogens with two attached hydrogens (primary N) is 1. The molecule has 0 fully saturated rings. The van der Waals surface area contributed by atoms with Crippen molar-refractivity contribution in [3.63, 3.8) is 0 Å². The largest absolute Gasteiger partial charge is 0.419 e. The fourth-order valence-corrected chi connectivity index (χ4v) is 2.46. The van der Waals surface area contributed by atoms with E-state index in [1.165, 1.54) is 11.8 Å². The van der Waals surface area contributed by atoms with Crippen LogP contribution >= 0.6 is 11.8 Å². The first kappa shape index (κ1) is 11.2. The third-order valence-electron chi connectivity index (χ3n) is 2.50. The molecule has 0 aliphatic carbocycles. The number of thioether (sulfide) groups is 1. The van der Waals surface area contributed by atoms with E-state index in [2.05, 4.69) is 15.5 Å². The van der Waals surface area contributed by atoms with Crippen molar-refractivity contribution in [1.29, 1.82) is 0 Å². The molecule has 18 heavy (non-hydrogen) atoms. The number of nitrogens with zero attached hydrogens (tertiary/aromatic N) is 2. The van der Waals surface area contributed by atoms with E-state index in [-0.39, 0.29) is 12.5 Å². The zero-order valence-electron chi connectivity index (χ0n) is 9.34. The predicted molar refractivity (Wildman–Crippen MR) is 67.0 cm³/mol. The van der Waals surface area contributed by atoms with Crippen LogP contribution in [0.4, 0.5) is 5.69 Å². The van der Waals surface area contributed by atoms with Gasteiger partial charge in [-0.2, -0.15) is 0 Å². The number of aromatic nitrogens is 2. The Labute approximate surface area is 107 Å². The molecule has 3 rings (SSSR count). The lowest BCUT2D eigenvalue weighted by Crippen LogP contribution is -2.18. The van der Waals surface area contributed by atoms with E-state index in [4.69, 9.17) is 10.2 Å². The summed E-state index contributed by atoms with van der Waals surface area (Å²) in [7, 11) is 0. The van der Waals surface area contributed by atoms with Crippen molar-refractivity contribution in [2.45, 2.75) is 11.4 Å². The van der Waals surface area contributed by atoms with Gasteiger partial charge in [-0.05, 0) is 18.2 Å². The molecule has 2 heterocycles. The molecule has 2 aromatic rings. The van der Waals surface area contributed by atoms with Gasteiger partial charge in [0.1, 0.15) is 0 Å². The number of rotatable bonds is 2. The van der Waals surface area contributed by atoms with Crippen molar-refractivity contribution in [3.05, 3.63) is 24.1 Å². The summed E-state index contributed by atoms with van der Waals surface area (Å²) in [5, 5.41) is 10.5. The summed E-state index contributed by atoms with van der Waals surface area (Å²) in [6.07, 6.45) is 0. The second kappa shape index (κ2) is 4.43. The number of carbonyl (C=O) groups is 1. The van der Waals surface area contributed by atoms with E-state index < -0.39 is 0 Å². The minimum Gasteiger partial charge on any atom is -0.419 e. The Morgan fingerprint density at radius 2 is 2.33 bits per heavy atom. The number of nitrogens with one attached hydrogen (secondary N) is 1. The monoisotopic (exact) mass is 262 g/mol. The number of hydrogen-bond acceptors (Lipinski definition) is 6. The second-order valence-corrected chi connectivity index (χ2v) is 4.77. The van der Waals surface area contributed by atoms with Crippen LogP contribution in [0, 0.1) is 0 Å². The summed E-state index contributed by atoms with van der Waals surface area (Å²) in [6, 6.07) is 5.64. The lowest BCUT2D eigenvalue weighted by Gasteiger charge is -2.16. The fourth-order valence-electron chi connectivity index (χ4n) is 1.67. The molecule has 1 aliphatic heterocycles. The van der Waals surface area contributed by atoms with Crippen molar-refractivity contribution in [1.82, 2.24) is 10.2 Å². The standard InChI is InChI=1S/C11H10N4O2S/c12-4-10-14-15-11(17-10)6-1-2-8-7(3-6)13-9(16)5-18-8/h1-3H,4-5,12H2,(H,13,16). The van der Waals surface area contributed by atoms with E-state index in [0.717, 1.165) is 16.1 Å². The van der Waals surface area contributed by atoms with Gasteiger partial charge in [0.05, 0.1) is 18.0 Å². The number of amides is 1. The number of hydrogen-bond donors (Lipinski definition) is 2. The molecule has 7 heteroatoms. The average Bonchev–Trinajstić information content (AvgIpc) is 2.86. The first-order valence-electron chi connectivity index (χ1n) is 5.36. The Morgan fingerprint density at radius 3 is 3.11 bits per heavy atom. The maximum atomic E-state index is 11.3. The van der Waals surface area contributed by atoms with Crippen LogP contribution in [0.2, 0.25) is 0 Å². The molecule has 0 atom stereocenters. The van der Waals surface area contributed by atoms with Gasteiger partial charge in [0.25, 0.3) is 0 Å². The Morgan fingerprint density at radius 1 is 1.44 bits per heavy atom. The maximum Gasteiger partial charge on any atom is 0.247 e. The van der Waals surface area contributed by atoms with Crippen LogP contribution in [-0.4, -0.2) is 21.9 Å². The molecular weight excluding hydrogens is 252 g/mol. The van der Waals surface area contributed by atoms with Crippen molar-refractivity contribution in [2.24, 2.45) is 5.73 Å². The normalized spacial score (nSPS) is 14.2. The van der Waals surface area contributed by atoms with Gasteiger partial charge < -0.3 is 15.5 Å². The van der Waals surface area contributed by atoms with Gasteiger partial charge in [-0.3, -0.25) is 4.79 Å². The number of benzene rings is 1. The van der Waals surface area contributed by atoms with Crippen LogP contribution < -0.4 is 11.1 Å². The van der Waals surface area contributed by atoms with Crippen LogP contribution in [0.5, 0.6) is 0 Å². The van der Waals surface area contributed by atoms with Crippen molar-refractivity contribution in [2.75, 3.05) is 11.1 Å². The molecule has 1 aromatic carbocycles. The molecule has 3 N–H and O–H groups in total. The van der Waals surface area contributed by atoms with E-state index in [1.807, 2.05) is 18.2 Å². The molecule has 92 valence electrons. The fraction of sp³-hybridized carbons (Fsp3) is 0.182. The molecule has 6 nitrogen and oxygen atoms in total. The molecule has 0 saturated heterocycles. The van der Waals surface area contributed by atoms with Gasteiger partial charge in [-0.15, -0.1) is 22.0 Å². The van der Waals surface area contributed by atoms with Crippen molar-refractivity contribution in [3.8, 4) is 11.5 Å². The van der Waals surface area contributed by atoms with Gasteiger partial charge in [0.2, 0.25) is 17.7 Å². The lowest BCUT2D eigenvalue weighted by atomic mass is 10.2. The summed E-state index contributed by atoms with van der Waals surface area (Å²) >= 11 is 1.51. The van der Waals surface area contributed by atoms with Crippen LogP contribution in [0.15, 0.2) is 27.5 Å². The van der Waals surface area contributed by atoms with Gasteiger partial charge in [-0.1, -0.05) is 0 Å². The molecular formula is C11H10N4O2S. The molecule has 1 aromatic heterocycles. The highest BCUT2D eigenvalue weighted by atomic mass is 32.2. The molecule has 0 spiro atoms. The summed E-state index contributed by atoms with van der Waals surface area (Å²) < 4.78 is 5.37. The lowest BCUT2D eigenvalue weighted by molar-refractivity contribution is -0.113. The van der Waals surface area contributed by atoms with Gasteiger partial charge >= 0.3 is 0 Å². The van der Waals surface area contributed by atoms with Gasteiger partial charge in [0, 0.05) is 10.5 Å². The summed E-state index contributed by atoms with van der Waals surface area (Å²) in [6.45, 7) is 0.213. The summed E-state index contributed by atoms with van der Waals surface area (Å²) in [4.78, 5) is 12.4. The molecule has 0 saturated carbocycles.